The molecule has 1 fully saturated rings. The Labute approximate surface area is 165 Å². The Hall–Kier alpha value is -1.52. The van der Waals surface area contributed by atoms with Crippen LogP contribution in [-0.2, 0) is 14.3 Å². The monoisotopic (exact) mass is 381 g/mol. The van der Waals surface area contributed by atoms with Crippen LogP contribution in [-0.4, -0.2) is 43.3 Å². The SMILES string of the molecule is C=CCOC(=O)N1CCC(C(=O)OCCCCCCCCCCCC)CC1. The third-order valence-corrected chi connectivity index (χ3v) is 5.15. The third kappa shape index (κ3) is 11.0. The number of rotatable bonds is 14. The Morgan fingerprint density at radius 1 is 0.926 bits per heavy atom. The highest BCUT2D eigenvalue weighted by atomic mass is 16.6. The van der Waals surface area contributed by atoms with Gasteiger partial charge < -0.3 is 14.4 Å². The van der Waals surface area contributed by atoms with E-state index < -0.39 is 0 Å². The highest BCUT2D eigenvalue weighted by Gasteiger charge is 2.28. The number of carbonyl (C=O) groups excluding carboxylic acids is 2. The molecule has 1 saturated heterocycles. The smallest absolute Gasteiger partial charge is 0.410 e. The molecule has 27 heavy (non-hydrogen) atoms. The van der Waals surface area contributed by atoms with E-state index >= 15 is 0 Å². The maximum absolute atomic E-state index is 12.1. The molecule has 5 heteroatoms. The van der Waals surface area contributed by atoms with E-state index in [0.717, 1.165) is 12.8 Å². The molecular weight excluding hydrogens is 342 g/mol. The van der Waals surface area contributed by atoms with Gasteiger partial charge in [0.1, 0.15) is 6.61 Å². The van der Waals surface area contributed by atoms with Crippen LogP contribution in [0.3, 0.4) is 0 Å². The average Bonchev–Trinajstić information content (AvgIpc) is 2.70. The predicted molar refractivity (Wildman–Crippen MR) is 109 cm³/mol. The summed E-state index contributed by atoms with van der Waals surface area (Å²) in [5.74, 6) is -0.193. The normalized spacial score (nSPS) is 14.8. The summed E-state index contributed by atoms with van der Waals surface area (Å²) in [6.45, 7) is 7.62. The lowest BCUT2D eigenvalue weighted by atomic mass is 9.97. The van der Waals surface area contributed by atoms with Crippen LogP contribution in [0, 0.1) is 5.92 Å². The number of esters is 1. The van der Waals surface area contributed by atoms with Crippen molar-refractivity contribution in [2.45, 2.75) is 84.0 Å². The molecule has 1 aliphatic heterocycles. The lowest BCUT2D eigenvalue weighted by Crippen LogP contribution is -2.41. The lowest BCUT2D eigenvalue weighted by Gasteiger charge is -2.30. The molecule has 0 bridgehead atoms. The molecule has 0 N–H and O–H groups in total. The first-order chi connectivity index (χ1) is 13.2. The molecule has 156 valence electrons. The van der Waals surface area contributed by atoms with Crippen LogP contribution >= 0.6 is 0 Å². The molecule has 5 nitrogen and oxygen atoms in total. The number of amides is 1. The van der Waals surface area contributed by atoms with E-state index in [0.29, 0.717) is 32.5 Å². The Bertz CT molecular complexity index is 417. The molecule has 0 aromatic rings. The molecule has 0 unspecified atom stereocenters. The van der Waals surface area contributed by atoms with E-state index in [9.17, 15) is 9.59 Å². The first-order valence-electron chi connectivity index (χ1n) is 10.9. The molecule has 0 aromatic carbocycles. The standard InChI is InChI=1S/C22H39NO4/c1-3-5-6-7-8-9-10-11-12-13-19-26-21(24)20-14-16-23(17-15-20)22(25)27-18-4-2/h4,20H,2-3,5-19H2,1H3. The lowest BCUT2D eigenvalue weighted by molar-refractivity contribution is -0.150. The van der Waals surface area contributed by atoms with Gasteiger partial charge in [-0.2, -0.15) is 0 Å². The fourth-order valence-electron chi connectivity index (χ4n) is 3.40. The van der Waals surface area contributed by atoms with Crippen LogP contribution in [0.15, 0.2) is 12.7 Å². The third-order valence-electron chi connectivity index (χ3n) is 5.15. The molecule has 1 heterocycles. The quantitative estimate of drug-likeness (QED) is 0.227. The van der Waals surface area contributed by atoms with Gasteiger partial charge >= 0.3 is 12.1 Å². The maximum Gasteiger partial charge on any atom is 0.410 e. The van der Waals surface area contributed by atoms with Gasteiger partial charge in [0.15, 0.2) is 0 Å². The zero-order valence-electron chi connectivity index (χ0n) is 17.3. The number of hydrogen-bond donors (Lipinski definition) is 0. The van der Waals surface area contributed by atoms with Crippen LogP contribution in [0.25, 0.3) is 0 Å². The van der Waals surface area contributed by atoms with Gasteiger partial charge in [0, 0.05) is 13.1 Å². The summed E-state index contributed by atoms with van der Waals surface area (Å²) in [4.78, 5) is 25.5. The van der Waals surface area contributed by atoms with Crippen LogP contribution in [0.5, 0.6) is 0 Å². The number of hydrogen-bond acceptors (Lipinski definition) is 4. The number of carbonyl (C=O) groups is 2. The minimum Gasteiger partial charge on any atom is -0.465 e. The zero-order valence-corrected chi connectivity index (χ0v) is 17.3. The van der Waals surface area contributed by atoms with Crippen molar-refractivity contribution in [3.05, 3.63) is 12.7 Å². The second-order valence-electron chi connectivity index (χ2n) is 7.48. The van der Waals surface area contributed by atoms with Gasteiger partial charge in [-0.3, -0.25) is 4.79 Å². The van der Waals surface area contributed by atoms with E-state index in [-0.39, 0.29) is 24.6 Å². The summed E-state index contributed by atoms with van der Waals surface area (Å²) in [5.41, 5.74) is 0. The summed E-state index contributed by atoms with van der Waals surface area (Å²) < 4.78 is 10.5. The van der Waals surface area contributed by atoms with E-state index in [1.54, 1.807) is 11.0 Å². The van der Waals surface area contributed by atoms with Crippen LogP contribution in [0.2, 0.25) is 0 Å². The summed E-state index contributed by atoms with van der Waals surface area (Å²) in [6.07, 6.45) is 15.2. The van der Waals surface area contributed by atoms with Gasteiger partial charge in [-0.1, -0.05) is 77.4 Å². The Morgan fingerprint density at radius 3 is 2.04 bits per heavy atom. The van der Waals surface area contributed by atoms with Crippen molar-refractivity contribution >= 4 is 12.1 Å². The number of likely N-dealkylation sites (tertiary alicyclic amines) is 1. The molecule has 0 spiro atoms. The Morgan fingerprint density at radius 2 is 1.48 bits per heavy atom. The van der Waals surface area contributed by atoms with E-state index in [1.807, 2.05) is 0 Å². The van der Waals surface area contributed by atoms with Crippen molar-refractivity contribution in [2.24, 2.45) is 5.92 Å². The Kier molecular flexibility index (Phi) is 13.5. The van der Waals surface area contributed by atoms with Gasteiger partial charge in [0.25, 0.3) is 0 Å². The van der Waals surface area contributed by atoms with Crippen LogP contribution < -0.4 is 0 Å². The van der Waals surface area contributed by atoms with Gasteiger partial charge in [-0.05, 0) is 19.3 Å². The Balaban J connectivity index is 1.97. The molecule has 0 aliphatic carbocycles. The molecule has 1 amide bonds. The van der Waals surface area contributed by atoms with Crippen molar-refractivity contribution in [1.82, 2.24) is 4.90 Å². The highest BCUT2D eigenvalue weighted by Crippen LogP contribution is 2.19. The first-order valence-corrected chi connectivity index (χ1v) is 10.9. The molecule has 1 rings (SSSR count). The molecule has 0 atom stereocenters. The van der Waals surface area contributed by atoms with Gasteiger partial charge in [-0.25, -0.2) is 4.79 Å². The summed E-state index contributed by atoms with van der Waals surface area (Å²) in [6, 6.07) is 0. The van der Waals surface area contributed by atoms with E-state index in [1.165, 1.54) is 51.4 Å². The number of piperidine rings is 1. The second kappa shape index (κ2) is 15.5. The predicted octanol–water partition coefficient (Wildman–Crippen LogP) is 5.49. The van der Waals surface area contributed by atoms with Crippen LogP contribution in [0.4, 0.5) is 4.79 Å². The highest BCUT2D eigenvalue weighted by molar-refractivity contribution is 5.73. The van der Waals surface area contributed by atoms with Crippen molar-refractivity contribution in [3.8, 4) is 0 Å². The topological polar surface area (TPSA) is 55.8 Å². The minimum atomic E-state index is -0.327. The largest absolute Gasteiger partial charge is 0.465 e. The van der Waals surface area contributed by atoms with Crippen molar-refractivity contribution in [3.63, 3.8) is 0 Å². The molecule has 1 aliphatic rings. The average molecular weight is 382 g/mol. The number of nitrogens with zero attached hydrogens (tertiary/aromatic N) is 1. The van der Waals surface area contributed by atoms with Crippen molar-refractivity contribution < 1.29 is 19.1 Å². The first kappa shape index (κ1) is 23.5. The second-order valence-corrected chi connectivity index (χ2v) is 7.48. The summed E-state index contributed by atoms with van der Waals surface area (Å²) >= 11 is 0. The number of unbranched alkanes of at least 4 members (excludes halogenated alkanes) is 9. The van der Waals surface area contributed by atoms with Crippen LogP contribution in [0.1, 0.15) is 84.0 Å². The number of ether oxygens (including phenoxy) is 2. The van der Waals surface area contributed by atoms with Gasteiger partial charge in [0.2, 0.25) is 0 Å². The summed E-state index contributed by atoms with van der Waals surface area (Å²) in [7, 11) is 0. The molecule has 0 aromatic heterocycles. The molecule has 0 radical (unpaired) electrons. The summed E-state index contributed by atoms with van der Waals surface area (Å²) in [5, 5.41) is 0. The fraction of sp³-hybridized carbons (Fsp3) is 0.818. The zero-order chi connectivity index (χ0) is 19.7. The van der Waals surface area contributed by atoms with E-state index in [2.05, 4.69) is 13.5 Å². The van der Waals surface area contributed by atoms with E-state index in [4.69, 9.17) is 9.47 Å². The molecular formula is C22H39NO4. The molecule has 0 saturated carbocycles. The minimum absolute atomic E-state index is 0.0865. The van der Waals surface area contributed by atoms with Gasteiger partial charge in [-0.15, -0.1) is 0 Å². The maximum atomic E-state index is 12.1. The van der Waals surface area contributed by atoms with Gasteiger partial charge in [0.05, 0.1) is 12.5 Å². The van der Waals surface area contributed by atoms with Crippen molar-refractivity contribution in [2.75, 3.05) is 26.3 Å². The van der Waals surface area contributed by atoms with Crippen molar-refractivity contribution in [1.29, 1.82) is 0 Å². The fourth-order valence-corrected chi connectivity index (χ4v) is 3.40.